The molecule has 0 spiro atoms. The Morgan fingerprint density at radius 2 is 1.85 bits per heavy atom. The Bertz CT molecular complexity index is 829. The summed E-state index contributed by atoms with van der Waals surface area (Å²) in [6.07, 6.45) is 0.738. The molecule has 0 radical (unpaired) electrons. The summed E-state index contributed by atoms with van der Waals surface area (Å²) in [5.41, 5.74) is 2.72. The van der Waals surface area contributed by atoms with Crippen molar-refractivity contribution in [3.63, 3.8) is 0 Å². The van der Waals surface area contributed by atoms with Crippen molar-refractivity contribution in [3.8, 4) is 0 Å². The summed E-state index contributed by atoms with van der Waals surface area (Å²) in [5.74, 6) is -0.919. The van der Waals surface area contributed by atoms with Crippen molar-refractivity contribution < 1.29 is 19.4 Å². The molecule has 0 saturated heterocycles. The molecule has 5 nitrogen and oxygen atoms in total. The number of carboxylic acids is 1. The van der Waals surface area contributed by atoms with E-state index in [-0.39, 0.29) is 11.5 Å². The lowest BCUT2D eigenvalue weighted by molar-refractivity contribution is -0.145. The molecule has 0 saturated carbocycles. The third-order valence-corrected chi connectivity index (χ3v) is 4.91. The second kappa shape index (κ2) is 7.92. The van der Waals surface area contributed by atoms with Crippen molar-refractivity contribution in [2.75, 3.05) is 13.2 Å². The predicted octanol–water partition coefficient (Wildman–Crippen LogP) is 3.51. The number of carbonyl (C=O) groups is 2. The van der Waals surface area contributed by atoms with Gasteiger partial charge in [-0.3, -0.25) is 4.79 Å². The quantitative estimate of drug-likeness (QED) is 0.848. The first-order chi connectivity index (χ1) is 12.9. The Balaban J connectivity index is 1.62. The van der Waals surface area contributed by atoms with Crippen molar-refractivity contribution in [2.24, 2.45) is 5.41 Å². The molecule has 2 aromatic rings. The third-order valence-electron chi connectivity index (χ3n) is 4.91. The van der Waals surface area contributed by atoms with Gasteiger partial charge in [-0.15, -0.1) is 0 Å². The van der Waals surface area contributed by atoms with Crippen LogP contribution in [0.2, 0.25) is 0 Å². The number of carboxylic acid groups (broad SMARTS) is 1. The van der Waals surface area contributed by atoms with Gasteiger partial charge in [-0.05, 0) is 49.1 Å². The number of carbonyl (C=O) groups excluding carboxylic acids is 1. The van der Waals surface area contributed by atoms with E-state index < -0.39 is 11.4 Å². The van der Waals surface area contributed by atoms with Gasteiger partial charge in [0.1, 0.15) is 0 Å². The maximum absolute atomic E-state index is 13.0. The van der Waals surface area contributed by atoms with Crippen LogP contribution >= 0.6 is 0 Å². The predicted molar refractivity (Wildman–Crippen MR) is 102 cm³/mol. The Morgan fingerprint density at radius 3 is 2.56 bits per heavy atom. The lowest BCUT2D eigenvalue weighted by atomic mass is 9.90. The highest BCUT2D eigenvalue weighted by Crippen LogP contribution is 2.26. The molecular formula is C22H25NO4. The number of benzene rings is 2. The summed E-state index contributed by atoms with van der Waals surface area (Å²) < 4.78 is 5.79. The Kier molecular flexibility index (Phi) is 5.61. The van der Waals surface area contributed by atoms with Crippen molar-refractivity contribution in [1.29, 1.82) is 0 Å². The standard InChI is InChI=1S/C22H25NO4/c1-22(2,15-27-14-16-6-4-3-5-7-16)21(26)23-11-10-17-8-9-18(20(24)25)12-19(17)13-23/h3-9,12H,10-11,13-15H2,1-2H3,(H,24,25). The maximum Gasteiger partial charge on any atom is 0.335 e. The summed E-state index contributed by atoms with van der Waals surface area (Å²) >= 11 is 0. The monoisotopic (exact) mass is 367 g/mol. The van der Waals surface area contributed by atoms with E-state index in [9.17, 15) is 14.7 Å². The molecule has 1 aliphatic heterocycles. The number of fused-ring (bicyclic) bond motifs is 1. The zero-order valence-electron chi connectivity index (χ0n) is 15.8. The fourth-order valence-corrected chi connectivity index (χ4v) is 3.35. The number of nitrogens with zero attached hydrogens (tertiary/aromatic N) is 1. The van der Waals surface area contributed by atoms with E-state index in [1.165, 1.54) is 0 Å². The van der Waals surface area contributed by atoms with Crippen LogP contribution in [0.1, 0.15) is 40.9 Å². The summed E-state index contributed by atoms with van der Waals surface area (Å²) in [6, 6.07) is 15.0. The highest BCUT2D eigenvalue weighted by molar-refractivity contribution is 5.88. The molecule has 2 aromatic carbocycles. The van der Waals surface area contributed by atoms with Gasteiger partial charge in [0.25, 0.3) is 0 Å². The molecule has 0 bridgehead atoms. The molecule has 0 fully saturated rings. The number of hydrogen-bond donors (Lipinski definition) is 1. The van der Waals surface area contributed by atoms with Crippen molar-refractivity contribution >= 4 is 11.9 Å². The molecule has 1 heterocycles. The molecule has 1 amide bonds. The van der Waals surface area contributed by atoms with Gasteiger partial charge in [0.2, 0.25) is 5.91 Å². The van der Waals surface area contributed by atoms with Crippen LogP contribution in [-0.2, 0) is 29.1 Å². The van der Waals surface area contributed by atoms with E-state index in [2.05, 4.69) is 0 Å². The lowest BCUT2D eigenvalue weighted by Crippen LogP contribution is -2.45. The Labute approximate surface area is 159 Å². The van der Waals surface area contributed by atoms with E-state index in [0.717, 1.165) is 23.1 Å². The largest absolute Gasteiger partial charge is 0.478 e. The fourth-order valence-electron chi connectivity index (χ4n) is 3.35. The van der Waals surface area contributed by atoms with Gasteiger partial charge in [0, 0.05) is 13.1 Å². The average molecular weight is 367 g/mol. The van der Waals surface area contributed by atoms with E-state index in [4.69, 9.17) is 4.74 Å². The van der Waals surface area contributed by atoms with Crippen molar-refractivity contribution in [2.45, 2.75) is 33.4 Å². The number of rotatable bonds is 6. The number of amides is 1. The van der Waals surface area contributed by atoms with Gasteiger partial charge in [-0.1, -0.05) is 36.4 Å². The van der Waals surface area contributed by atoms with E-state index in [1.807, 2.05) is 50.2 Å². The summed E-state index contributed by atoms with van der Waals surface area (Å²) in [4.78, 5) is 26.0. The minimum Gasteiger partial charge on any atom is -0.478 e. The van der Waals surface area contributed by atoms with Crippen LogP contribution < -0.4 is 0 Å². The van der Waals surface area contributed by atoms with Crippen LogP contribution in [0.3, 0.4) is 0 Å². The van der Waals surface area contributed by atoms with Gasteiger partial charge < -0.3 is 14.7 Å². The molecule has 27 heavy (non-hydrogen) atoms. The normalized spacial score (nSPS) is 13.9. The molecule has 3 rings (SSSR count). The van der Waals surface area contributed by atoms with E-state index in [1.54, 1.807) is 17.0 Å². The maximum atomic E-state index is 13.0. The van der Waals surface area contributed by atoms with Crippen LogP contribution in [0.25, 0.3) is 0 Å². The molecule has 0 unspecified atom stereocenters. The SMILES string of the molecule is CC(C)(COCc1ccccc1)C(=O)N1CCc2ccc(C(=O)O)cc2C1. The smallest absolute Gasteiger partial charge is 0.335 e. The molecule has 142 valence electrons. The topological polar surface area (TPSA) is 66.8 Å². The molecule has 0 atom stereocenters. The minimum absolute atomic E-state index is 0.0296. The van der Waals surface area contributed by atoms with Crippen LogP contribution in [0.4, 0.5) is 0 Å². The summed E-state index contributed by atoms with van der Waals surface area (Å²) in [7, 11) is 0. The molecule has 0 aromatic heterocycles. The second-order valence-corrected chi connectivity index (χ2v) is 7.63. The van der Waals surface area contributed by atoms with Gasteiger partial charge in [0.05, 0.1) is 24.2 Å². The van der Waals surface area contributed by atoms with Crippen molar-refractivity contribution in [1.82, 2.24) is 4.90 Å². The van der Waals surface area contributed by atoms with Gasteiger partial charge in [-0.25, -0.2) is 4.79 Å². The molecular weight excluding hydrogens is 342 g/mol. The Morgan fingerprint density at radius 1 is 1.11 bits per heavy atom. The first kappa shape index (κ1) is 19.1. The van der Waals surface area contributed by atoms with E-state index >= 15 is 0 Å². The first-order valence-corrected chi connectivity index (χ1v) is 9.13. The lowest BCUT2D eigenvalue weighted by Gasteiger charge is -2.35. The summed E-state index contributed by atoms with van der Waals surface area (Å²) in [6.45, 7) is 5.67. The second-order valence-electron chi connectivity index (χ2n) is 7.63. The van der Waals surface area contributed by atoms with Gasteiger partial charge in [0.15, 0.2) is 0 Å². The molecule has 1 aliphatic rings. The van der Waals surface area contributed by atoms with Crippen LogP contribution in [0, 0.1) is 5.41 Å². The zero-order valence-corrected chi connectivity index (χ0v) is 15.8. The highest BCUT2D eigenvalue weighted by Gasteiger charge is 2.34. The van der Waals surface area contributed by atoms with Crippen LogP contribution in [0.5, 0.6) is 0 Å². The third kappa shape index (κ3) is 4.55. The van der Waals surface area contributed by atoms with Crippen LogP contribution in [-0.4, -0.2) is 35.0 Å². The minimum atomic E-state index is -0.948. The highest BCUT2D eigenvalue weighted by atomic mass is 16.5. The Hall–Kier alpha value is -2.66. The number of hydrogen-bond acceptors (Lipinski definition) is 3. The fraction of sp³-hybridized carbons (Fsp3) is 0.364. The van der Waals surface area contributed by atoms with Crippen LogP contribution in [0.15, 0.2) is 48.5 Å². The average Bonchev–Trinajstić information content (AvgIpc) is 2.67. The first-order valence-electron chi connectivity index (χ1n) is 9.13. The molecule has 0 aliphatic carbocycles. The van der Waals surface area contributed by atoms with Gasteiger partial charge >= 0.3 is 5.97 Å². The van der Waals surface area contributed by atoms with Gasteiger partial charge in [-0.2, -0.15) is 0 Å². The number of ether oxygens (including phenoxy) is 1. The van der Waals surface area contributed by atoms with E-state index in [0.29, 0.717) is 26.3 Å². The molecule has 1 N–H and O–H groups in total. The number of aromatic carboxylic acids is 1. The molecule has 5 heteroatoms. The van der Waals surface area contributed by atoms with Crippen molar-refractivity contribution in [3.05, 3.63) is 70.8 Å². The zero-order chi connectivity index (χ0) is 19.4. The summed E-state index contributed by atoms with van der Waals surface area (Å²) in [5, 5.41) is 9.18.